The number of benzene rings is 1. The summed E-state index contributed by atoms with van der Waals surface area (Å²) in [5.74, 6) is 0.557. The number of ether oxygens (including phenoxy) is 1. The van der Waals surface area contributed by atoms with Crippen molar-refractivity contribution in [3.05, 3.63) is 23.3 Å². The van der Waals surface area contributed by atoms with Gasteiger partial charge in [0.25, 0.3) is 0 Å². The van der Waals surface area contributed by atoms with Crippen molar-refractivity contribution in [1.29, 1.82) is 0 Å². The molecule has 0 radical (unpaired) electrons. The number of hydrogen-bond acceptors (Lipinski definition) is 6. The van der Waals surface area contributed by atoms with Crippen molar-refractivity contribution in [1.82, 2.24) is 10.2 Å². The van der Waals surface area contributed by atoms with Gasteiger partial charge in [-0.05, 0) is 44.5 Å². The summed E-state index contributed by atoms with van der Waals surface area (Å²) in [5, 5.41) is 13.7. The van der Waals surface area contributed by atoms with Gasteiger partial charge in [0.2, 0.25) is 5.91 Å². The van der Waals surface area contributed by atoms with Crippen molar-refractivity contribution in [3.8, 4) is 11.5 Å². The number of aromatic hydroxyl groups is 1. The van der Waals surface area contributed by atoms with Crippen molar-refractivity contribution in [3.63, 3.8) is 0 Å². The quantitative estimate of drug-likeness (QED) is 0.668. The SMILES string of the molecule is CN1CC[C@]23c4c5ccc(O)c4OC2C(=O)CC[C@@]3(NC(=O)CS)C1C5. The number of phenolic OH excluding ortho intramolecular Hbond substituents is 1. The minimum atomic E-state index is -0.644. The van der Waals surface area contributed by atoms with E-state index < -0.39 is 17.1 Å². The van der Waals surface area contributed by atoms with Crippen LogP contribution in [0.3, 0.4) is 0 Å². The van der Waals surface area contributed by atoms with Gasteiger partial charge in [-0.1, -0.05) is 6.07 Å². The van der Waals surface area contributed by atoms with Crippen LogP contribution in [0.4, 0.5) is 0 Å². The van der Waals surface area contributed by atoms with Crippen molar-refractivity contribution < 1.29 is 19.4 Å². The Kier molecular flexibility index (Phi) is 3.27. The number of phenols is 1. The first-order chi connectivity index (χ1) is 12.4. The molecule has 2 aliphatic carbocycles. The molecule has 1 aromatic rings. The molecule has 6 nitrogen and oxygen atoms in total. The number of carbonyl (C=O) groups is 2. The highest BCUT2D eigenvalue weighted by molar-refractivity contribution is 7.81. The summed E-state index contributed by atoms with van der Waals surface area (Å²) in [6.07, 6.45) is 1.79. The van der Waals surface area contributed by atoms with Gasteiger partial charge < -0.3 is 20.1 Å². The third kappa shape index (κ3) is 1.69. The fourth-order valence-corrected chi connectivity index (χ4v) is 6.20. The Labute approximate surface area is 157 Å². The van der Waals surface area contributed by atoms with Crippen LogP contribution in [0.5, 0.6) is 11.5 Å². The van der Waals surface area contributed by atoms with Gasteiger partial charge in [-0.15, -0.1) is 0 Å². The number of ketones is 1. The second kappa shape index (κ2) is 5.16. The average molecular weight is 374 g/mol. The minimum Gasteiger partial charge on any atom is -0.504 e. The van der Waals surface area contributed by atoms with Crippen LogP contribution in [0, 0.1) is 0 Å². The molecular formula is C19H22N2O4S. The van der Waals surface area contributed by atoms with E-state index in [2.05, 4.69) is 29.9 Å². The maximum atomic E-state index is 12.9. The number of Topliss-reactive ketones (excluding diaryl/α,β-unsaturated/α-hetero) is 1. The first kappa shape index (κ1) is 16.4. The van der Waals surface area contributed by atoms with E-state index >= 15 is 0 Å². The molecule has 1 amide bonds. The van der Waals surface area contributed by atoms with Crippen molar-refractivity contribution >= 4 is 24.3 Å². The smallest absolute Gasteiger partial charge is 0.230 e. The second-order valence-corrected chi connectivity index (χ2v) is 8.33. The number of amides is 1. The second-order valence-electron chi connectivity index (χ2n) is 8.01. The van der Waals surface area contributed by atoms with E-state index in [1.165, 1.54) is 0 Å². The number of carbonyl (C=O) groups excluding carboxylic acids is 2. The topological polar surface area (TPSA) is 78.9 Å². The molecule has 26 heavy (non-hydrogen) atoms. The minimum absolute atomic E-state index is 0.0625. The summed E-state index contributed by atoms with van der Waals surface area (Å²) in [4.78, 5) is 27.6. The molecule has 4 aliphatic rings. The summed E-state index contributed by atoms with van der Waals surface area (Å²) in [6, 6.07) is 3.68. The Hall–Kier alpha value is -1.73. The van der Waals surface area contributed by atoms with Crippen LogP contribution in [-0.4, -0.2) is 58.7 Å². The lowest BCUT2D eigenvalue weighted by molar-refractivity contribution is -0.148. The van der Waals surface area contributed by atoms with Crippen LogP contribution in [-0.2, 0) is 21.4 Å². The Morgan fingerprint density at radius 2 is 2.27 bits per heavy atom. The Bertz CT molecular complexity index is 843. The summed E-state index contributed by atoms with van der Waals surface area (Å²) < 4.78 is 6.11. The molecule has 138 valence electrons. The molecule has 2 fully saturated rings. The largest absolute Gasteiger partial charge is 0.504 e. The molecule has 1 saturated carbocycles. The summed E-state index contributed by atoms with van der Waals surface area (Å²) in [7, 11) is 2.08. The number of hydrogen-bond donors (Lipinski definition) is 3. The number of piperidine rings is 1. The maximum absolute atomic E-state index is 12.9. The van der Waals surface area contributed by atoms with Gasteiger partial charge >= 0.3 is 0 Å². The average Bonchev–Trinajstić information content (AvgIpc) is 2.99. The highest BCUT2D eigenvalue weighted by Gasteiger charge is 2.73. The third-order valence-electron chi connectivity index (χ3n) is 7.09. The molecule has 0 aromatic heterocycles. The fraction of sp³-hybridized carbons (Fsp3) is 0.579. The van der Waals surface area contributed by atoms with Crippen LogP contribution < -0.4 is 10.1 Å². The summed E-state index contributed by atoms with van der Waals surface area (Å²) >= 11 is 4.16. The van der Waals surface area contributed by atoms with Crippen LogP contribution in [0.1, 0.15) is 30.4 Å². The summed E-state index contributed by atoms with van der Waals surface area (Å²) in [6.45, 7) is 0.824. The Morgan fingerprint density at radius 1 is 1.46 bits per heavy atom. The van der Waals surface area contributed by atoms with Gasteiger partial charge in [0, 0.05) is 18.0 Å². The Morgan fingerprint density at radius 3 is 3.04 bits per heavy atom. The molecule has 1 aromatic carbocycles. The first-order valence-corrected chi connectivity index (χ1v) is 9.74. The molecule has 2 unspecified atom stereocenters. The lowest BCUT2D eigenvalue weighted by Crippen LogP contribution is -2.81. The molecule has 2 aliphatic heterocycles. The zero-order valence-corrected chi connectivity index (χ0v) is 15.5. The monoisotopic (exact) mass is 374 g/mol. The van der Waals surface area contributed by atoms with Crippen molar-refractivity contribution in [2.24, 2.45) is 0 Å². The van der Waals surface area contributed by atoms with Crippen molar-refractivity contribution in [2.75, 3.05) is 19.3 Å². The van der Waals surface area contributed by atoms with Gasteiger partial charge in [-0.25, -0.2) is 0 Å². The number of likely N-dealkylation sites (tertiary alicyclic amines) is 1. The van der Waals surface area contributed by atoms with Crippen molar-refractivity contribution in [2.45, 2.75) is 48.8 Å². The molecular weight excluding hydrogens is 352 g/mol. The molecule has 2 heterocycles. The van der Waals surface area contributed by atoms with E-state index in [0.29, 0.717) is 25.0 Å². The Balaban J connectivity index is 1.82. The van der Waals surface area contributed by atoms with Gasteiger partial charge in [-0.3, -0.25) is 9.59 Å². The van der Waals surface area contributed by atoms with E-state index in [-0.39, 0.29) is 29.2 Å². The molecule has 2 N–H and O–H groups in total. The molecule has 2 bridgehead atoms. The zero-order chi connectivity index (χ0) is 18.3. The van der Waals surface area contributed by atoms with Gasteiger partial charge in [0.1, 0.15) is 0 Å². The van der Waals surface area contributed by atoms with E-state index in [0.717, 1.165) is 24.1 Å². The normalized spacial score (nSPS) is 37.1. The van der Waals surface area contributed by atoms with Gasteiger partial charge in [0.15, 0.2) is 23.4 Å². The zero-order valence-electron chi connectivity index (χ0n) is 14.6. The predicted octanol–water partition coefficient (Wildman–Crippen LogP) is 0.799. The number of likely N-dealkylation sites (N-methyl/N-ethyl adjacent to an activating group) is 1. The number of thiol groups is 1. The van der Waals surface area contributed by atoms with E-state index in [1.54, 1.807) is 6.07 Å². The van der Waals surface area contributed by atoms with Gasteiger partial charge in [-0.2, -0.15) is 12.6 Å². The highest BCUT2D eigenvalue weighted by Crippen LogP contribution is 2.64. The third-order valence-corrected chi connectivity index (χ3v) is 7.37. The lowest BCUT2D eigenvalue weighted by Gasteiger charge is -2.64. The van der Waals surface area contributed by atoms with E-state index in [9.17, 15) is 14.7 Å². The van der Waals surface area contributed by atoms with Crippen LogP contribution in [0.2, 0.25) is 0 Å². The molecule has 4 atom stereocenters. The molecule has 5 rings (SSSR count). The van der Waals surface area contributed by atoms with E-state index in [1.807, 2.05) is 6.07 Å². The van der Waals surface area contributed by atoms with Crippen LogP contribution >= 0.6 is 12.6 Å². The van der Waals surface area contributed by atoms with Gasteiger partial charge in [0.05, 0.1) is 16.7 Å². The lowest BCUT2D eigenvalue weighted by atomic mass is 9.47. The fourth-order valence-electron chi connectivity index (χ4n) is 6.12. The molecule has 7 heteroatoms. The van der Waals surface area contributed by atoms with E-state index in [4.69, 9.17) is 4.74 Å². The molecule has 1 spiro atoms. The molecule has 1 saturated heterocycles. The summed E-state index contributed by atoms with van der Waals surface area (Å²) in [5.41, 5.74) is 0.867. The van der Waals surface area contributed by atoms with Crippen LogP contribution in [0.15, 0.2) is 12.1 Å². The standard InChI is InChI=1S/C19H22N2O4S/c1-21-7-6-18-15-10-2-3-11(22)16(15)25-17(18)12(23)4-5-19(18,13(21)8-10)20-14(24)9-26/h2-3,13,17,22,26H,4-9H2,1H3,(H,20,24)/t13?,17?,18-,19+/m0/s1. The predicted molar refractivity (Wildman–Crippen MR) is 97.9 cm³/mol. The number of nitrogens with zero attached hydrogens (tertiary/aromatic N) is 1. The number of nitrogens with one attached hydrogen (secondary N) is 1. The number of rotatable bonds is 2. The van der Waals surface area contributed by atoms with Crippen LogP contribution in [0.25, 0.3) is 0 Å². The highest BCUT2D eigenvalue weighted by atomic mass is 32.1. The first-order valence-electron chi connectivity index (χ1n) is 9.11. The maximum Gasteiger partial charge on any atom is 0.230 e.